The summed E-state index contributed by atoms with van der Waals surface area (Å²) >= 11 is 0. The van der Waals surface area contributed by atoms with Crippen LogP contribution in [0.3, 0.4) is 0 Å². The van der Waals surface area contributed by atoms with Gasteiger partial charge in [0.05, 0.1) is 34.1 Å². The molecule has 26 heavy (non-hydrogen) atoms. The monoisotopic (exact) mass is 361 g/mol. The van der Waals surface area contributed by atoms with E-state index in [0.29, 0.717) is 34.1 Å². The summed E-state index contributed by atoms with van der Waals surface area (Å²) in [4.78, 5) is 12.0. The fraction of sp³-hybridized carbons (Fsp3) is 0.278. The van der Waals surface area contributed by atoms with Crippen molar-refractivity contribution in [3.05, 3.63) is 35.4 Å². The van der Waals surface area contributed by atoms with Crippen molar-refractivity contribution in [1.82, 2.24) is 0 Å². The Labute approximate surface area is 150 Å². The summed E-state index contributed by atoms with van der Waals surface area (Å²) in [6, 6.07) is 6.41. The summed E-state index contributed by atoms with van der Waals surface area (Å²) < 4.78 is 26.6. The zero-order chi connectivity index (χ0) is 18.8. The van der Waals surface area contributed by atoms with Gasteiger partial charge in [0.25, 0.3) is 0 Å². The molecule has 2 N–H and O–H groups in total. The maximum Gasteiger partial charge on any atom is 0.412 e. The molecule has 8 heteroatoms. The van der Waals surface area contributed by atoms with Crippen molar-refractivity contribution in [1.29, 1.82) is 0 Å². The average molecular weight is 361 g/mol. The first-order valence-electron chi connectivity index (χ1n) is 7.70. The fourth-order valence-electron chi connectivity index (χ4n) is 2.88. The van der Waals surface area contributed by atoms with Gasteiger partial charge in [0, 0.05) is 17.2 Å². The molecule has 2 aromatic rings. The van der Waals surface area contributed by atoms with Crippen molar-refractivity contribution in [2.45, 2.75) is 6.10 Å². The van der Waals surface area contributed by atoms with Gasteiger partial charge in [-0.3, -0.25) is 5.32 Å². The third-order valence-electron chi connectivity index (χ3n) is 4.08. The number of cyclic esters (lactones) is 1. The van der Waals surface area contributed by atoms with Crippen LogP contribution in [0.1, 0.15) is 17.2 Å². The molecule has 2 aromatic carbocycles. The van der Waals surface area contributed by atoms with Gasteiger partial charge in [-0.2, -0.15) is 0 Å². The Morgan fingerprint density at radius 2 is 1.54 bits per heavy atom. The molecule has 1 amide bonds. The number of rotatable bonds is 5. The predicted octanol–water partition coefficient (Wildman–Crippen LogP) is 3.08. The lowest BCUT2D eigenvalue weighted by atomic mass is 9.97. The van der Waals surface area contributed by atoms with Crippen molar-refractivity contribution in [3.63, 3.8) is 0 Å². The number of amides is 1. The highest BCUT2D eigenvalue weighted by Crippen LogP contribution is 2.45. The Kier molecular flexibility index (Phi) is 4.66. The van der Waals surface area contributed by atoms with Gasteiger partial charge in [-0.05, 0) is 18.2 Å². The molecule has 0 saturated carbocycles. The number of phenols is 1. The molecular formula is C18H19NO7. The maximum atomic E-state index is 12.0. The Bertz CT molecular complexity index is 825. The Morgan fingerprint density at radius 3 is 2.08 bits per heavy atom. The highest BCUT2D eigenvalue weighted by atomic mass is 16.6. The molecule has 1 aliphatic heterocycles. The van der Waals surface area contributed by atoms with E-state index in [0.717, 1.165) is 0 Å². The van der Waals surface area contributed by atoms with Crippen LogP contribution in [0, 0.1) is 0 Å². The maximum absolute atomic E-state index is 12.0. The molecule has 0 aromatic heterocycles. The van der Waals surface area contributed by atoms with E-state index in [-0.39, 0.29) is 11.5 Å². The third-order valence-corrected chi connectivity index (χ3v) is 4.08. The largest absolute Gasteiger partial charge is 0.504 e. The molecule has 0 fully saturated rings. The van der Waals surface area contributed by atoms with E-state index < -0.39 is 12.2 Å². The van der Waals surface area contributed by atoms with Gasteiger partial charge in [0.2, 0.25) is 5.75 Å². The fourth-order valence-corrected chi connectivity index (χ4v) is 2.88. The van der Waals surface area contributed by atoms with E-state index in [1.54, 1.807) is 12.1 Å². The number of benzene rings is 2. The second-order valence-electron chi connectivity index (χ2n) is 5.48. The quantitative estimate of drug-likeness (QED) is 0.790. The summed E-state index contributed by atoms with van der Waals surface area (Å²) in [6.45, 7) is 0. The van der Waals surface area contributed by atoms with Crippen LogP contribution in [0.4, 0.5) is 10.5 Å². The molecule has 0 bridgehead atoms. The van der Waals surface area contributed by atoms with Crippen LogP contribution >= 0.6 is 0 Å². The van der Waals surface area contributed by atoms with E-state index in [2.05, 4.69) is 5.32 Å². The smallest absolute Gasteiger partial charge is 0.412 e. The molecule has 1 atom stereocenters. The molecule has 138 valence electrons. The molecule has 3 rings (SSSR count). The van der Waals surface area contributed by atoms with Crippen molar-refractivity contribution in [3.8, 4) is 28.7 Å². The lowest BCUT2D eigenvalue weighted by Crippen LogP contribution is -2.25. The molecule has 1 unspecified atom stereocenters. The van der Waals surface area contributed by atoms with E-state index in [4.69, 9.17) is 23.7 Å². The van der Waals surface area contributed by atoms with Crippen LogP contribution in [0.5, 0.6) is 28.7 Å². The van der Waals surface area contributed by atoms with Gasteiger partial charge >= 0.3 is 6.09 Å². The van der Waals surface area contributed by atoms with Gasteiger partial charge in [-0.1, -0.05) is 0 Å². The van der Waals surface area contributed by atoms with Gasteiger partial charge in [0.15, 0.2) is 29.1 Å². The first kappa shape index (κ1) is 17.5. The lowest BCUT2D eigenvalue weighted by Gasteiger charge is -2.28. The Morgan fingerprint density at radius 1 is 0.923 bits per heavy atom. The molecule has 0 radical (unpaired) electrons. The summed E-state index contributed by atoms with van der Waals surface area (Å²) in [5.41, 5.74) is 1.65. The first-order valence-corrected chi connectivity index (χ1v) is 7.70. The highest BCUT2D eigenvalue weighted by molar-refractivity contribution is 5.89. The number of phenolic OH excluding ortho intramolecular Hbond substituents is 1. The van der Waals surface area contributed by atoms with E-state index in [1.807, 2.05) is 0 Å². The molecule has 0 spiro atoms. The van der Waals surface area contributed by atoms with Crippen molar-refractivity contribution in [2.75, 3.05) is 33.8 Å². The van der Waals surface area contributed by atoms with Crippen LogP contribution in [0.15, 0.2) is 24.3 Å². The number of aromatic hydroxyl groups is 1. The number of fused-ring (bicyclic) bond motifs is 1. The van der Waals surface area contributed by atoms with E-state index in [9.17, 15) is 9.90 Å². The summed E-state index contributed by atoms with van der Waals surface area (Å²) in [5, 5.41) is 12.7. The second kappa shape index (κ2) is 6.91. The minimum absolute atomic E-state index is 0.0663. The zero-order valence-electron chi connectivity index (χ0n) is 14.8. The summed E-state index contributed by atoms with van der Waals surface area (Å²) in [6.07, 6.45) is -1.40. The summed E-state index contributed by atoms with van der Waals surface area (Å²) in [5.74, 6) is 1.46. The van der Waals surface area contributed by atoms with E-state index >= 15 is 0 Å². The van der Waals surface area contributed by atoms with Crippen LogP contribution < -0.4 is 24.3 Å². The Hall–Kier alpha value is -3.29. The normalized spacial score (nSPS) is 15.4. The molecular weight excluding hydrogens is 342 g/mol. The number of carbonyl (C=O) groups excluding carboxylic acids is 1. The SMILES string of the molecule is COc1cc2c(cc1O)C(c1cc(OC)c(OC)c(OC)c1)OC(=O)N2. The van der Waals surface area contributed by atoms with Crippen molar-refractivity contribution < 1.29 is 33.6 Å². The van der Waals surface area contributed by atoms with Gasteiger partial charge in [0.1, 0.15) is 0 Å². The van der Waals surface area contributed by atoms with Crippen molar-refractivity contribution >= 4 is 11.8 Å². The second-order valence-corrected chi connectivity index (χ2v) is 5.48. The number of hydrogen-bond acceptors (Lipinski definition) is 7. The topological polar surface area (TPSA) is 95.5 Å². The standard InChI is InChI=1S/C18H19NO7/c1-22-13-8-11-10(7-12(13)20)16(26-18(21)19-11)9-5-14(23-2)17(25-4)15(6-9)24-3/h5-8,16,20H,1-4H3,(H,19,21). The van der Waals surface area contributed by atoms with Crippen LogP contribution in [-0.4, -0.2) is 39.6 Å². The number of nitrogens with one attached hydrogen (secondary N) is 1. The number of hydrogen-bond donors (Lipinski definition) is 2. The lowest BCUT2D eigenvalue weighted by molar-refractivity contribution is 0.126. The molecule has 8 nitrogen and oxygen atoms in total. The van der Waals surface area contributed by atoms with Crippen LogP contribution in [-0.2, 0) is 4.74 Å². The first-order chi connectivity index (χ1) is 12.5. The van der Waals surface area contributed by atoms with Gasteiger partial charge in [-0.25, -0.2) is 4.79 Å². The molecule has 0 saturated heterocycles. The number of methoxy groups -OCH3 is 4. The van der Waals surface area contributed by atoms with Crippen LogP contribution in [0.2, 0.25) is 0 Å². The van der Waals surface area contributed by atoms with Gasteiger partial charge < -0.3 is 28.8 Å². The minimum atomic E-state index is -0.774. The number of anilines is 1. The number of ether oxygens (including phenoxy) is 5. The van der Waals surface area contributed by atoms with Crippen molar-refractivity contribution in [2.24, 2.45) is 0 Å². The number of carbonyl (C=O) groups is 1. The minimum Gasteiger partial charge on any atom is -0.504 e. The molecule has 1 heterocycles. The molecule has 0 aliphatic carbocycles. The summed E-state index contributed by atoms with van der Waals surface area (Å²) in [7, 11) is 5.93. The Balaban J connectivity index is 2.16. The van der Waals surface area contributed by atoms with E-state index in [1.165, 1.54) is 40.6 Å². The third kappa shape index (κ3) is 2.90. The van der Waals surface area contributed by atoms with Gasteiger partial charge in [-0.15, -0.1) is 0 Å². The average Bonchev–Trinajstić information content (AvgIpc) is 2.65. The zero-order valence-corrected chi connectivity index (χ0v) is 14.8. The molecule has 1 aliphatic rings. The predicted molar refractivity (Wildman–Crippen MR) is 92.7 cm³/mol. The van der Waals surface area contributed by atoms with Crippen LogP contribution in [0.25, 0.3) is 0 Å². The highest BCUT2D eigenvalue weighted by Gasteiger charge is 2.31.